The van der Waals surface area contributed by atoms with Gasteiger partial charge >= 0.3 is 0 Å². The Kier molecular flexibility index (Phi) is 4.57. The van der Waals surface area contributed by atoms with E-state index in [1.165, 1.54) is 12.1 Å². The molecule has 104 valence electrons. The Morgan fingerprint density at radius 1 is 1.30 bits per heavy atom. The van der Waals surface area contributed by atoms with E-state index in [0.29, 0.717) is 16.3 Å². The van der Waals surface area contributed by atoms with Crippen LogP contribution in [0.5, 0.6) is 0 Å². The van der Waals surface area contributed by atoms with Crippen molar-refractivity contribution in [2.45, 2.75) is 13.0 Å². The summed E-state index contributed by atoms with van der Waals surface area (Å²) in [5, 5.41) is 3.94. The Morgan fingerprint density at radius 3 is 2.70 bits per heavy atom. The lowest BCUT2D eigenvalue weighted by Crippen LogP contribution is -2.15. The van der Waals surface area contributed by atoms with E-state index in [9.17, 15) is 4.39 Å². The molecule has 2 rings (SSSR count). The molecule has 2 aromatic rings. The molecule has 0 aliphatic carbocycles. The minimum Gasteiger partial charge on any atom is -0.389 e. The van der Waals surface area contributed by atoms with Gasteiger partial charge in [0.2, 0.25) is 0 Å². The lowest BCUT2D eigenvalue weighted by Gasteiger charge is -2.18. The van der Waals surface area contributed by atoms with Crippen LogP contribution in [0.3, 0.4) is 0 Å². The van der Waals surface area contributed by atoms with Crippen molar-refractivity contribution in [3.8, 4) is 0 Å². The van der Waals surface area contributed by atoms with Crippen molar-refractivity contribution in [3.05, 3.63) is 64.4 Å². The number of benzene rings is 2. The molecule has 2 nitrogen and oxygen atoms in total. The van der Waals surface area contributed by atoms with Gasteiger partial charge in [0.05, 0.1) is 0 Å². The highest BCUT2D eigenvalue weighted by atomic mass is 35.5. The molecule has 0 aliphatic rings. The fourth-order valence-corrected chi connectivity index (χ4v) is 2.31. The molecule has 0 fully saturated rings. The van der Waals surface area contributed by atoms with Crippen molar-refractivity contribution in [2.75, 3.05) is 5.32 Å². The normalized spacial score (nSPS) is 11.9. The van der Waals surface area contributed by atoms with Crippen LogP contribution in [0.15, 0.2) is 42.5 Å². The standard InChI is InChI=1S/C15H14ClFN2S/c1-9(10-3-2-4-11(16)7-10)19-14-6-5-12(17)8-13(14)15(18)20/h2-9,19H,1H3,(H2,18,20). The van der Waals surface area contributed by atoms with Crippen molar-refractivity contribution in [2.24, 2.45) is 5.73 Å². The molecular weight excluding hydrogens is 295 g/mol. The molecular formula is C15H14ClFN2S. The first-order valence-electron chi connectivity index (χ1n) is 6.08. The van der Waals surface area contributed by atoms with Crippen LogP contribution >= 0.6 is 23.8 Å². The van der Waals surface area contributed by atoms with Gasteiger partial charge in [0.15, 0.2) is 0 Å². The smallest absolute Gasteiger partial charge is 0.124 e. The van der Waals surface area contributed by atoms with Gasteiger partial charge in [-0.2, -0.15) is 0 Å². The quantitative estimate of drug-likeness (QED) is 0.828. The van der Waals surface area contributed by atoms with Crippen molar-refractivity contribution >= 4 is 34.5 Å². The number of halogens is 2. The van der Waals surface area contributed by atoms with Crippen molar-refractivity contribution < 1.29 is 4.39 Å². The van der Waals surface area contributed by atoms with E-state index in [-0.39, 0.29) is 16.8 Å². The third-order valence-corrected chi connectivity index (χ3v) is 3.42. The second kappa shape index (κ2) is 6.20. The van der Waals surface area contributed by atoms with Gasteiger partial charge in [-0.25, -0.2) is 4.39 Å². The highest BCUT2D eigenvalue weighted by molar-refractivity contribution is 7.80. The summed E-state index contributed by atoms with van der Waals surface area (Å²) in [4.78, 5) is 0.158. The molecule has 0 saturated heterocycles. The predicted molar refractivity (Wildman–Crippen MR) is 85.8 cm³/mol. The van der Waals surface area contributed by atoms with E-state index in [1.54, 1.807) is 6.07 Å². The van der Waals surface area contributed by atoms with Crippen LogP contribution in [0.25, 0.3) is 0 Å². The molecule has 20 heavy (non-hydrogen) atoms. The molecule has 0 amide bonds. The number of hydrogen-bond donors (Lipinski definition) is 2. The minimum absolute atomic E-state index is 0.00717. The molecule has 0 radical (unpaired) electrons. The van der Waals surface area contributed by atoms with Crippen LogP contribution in [0.4, 0.5) is 10.1 Å². The molecule has 0 aromatic heterocycles. The summed E-state index contributed by atoms with van der Waals surface area (Å²) in [7, 11) is 0. The zero-order chi connectivity index (χ0) is 14.7. The molecule has 1 atom stereocenters. The lowest BCUT2D eigenvalue weighted by atomic mass is 10.1. The third-order valence-electron chi connectivity index (χ3n) is 2.97. The highest BCUT2D eigenvalue weighted by Gasteiger charge is 2.11. The SMILES string of the molecule is CC(Nc1ccc(F)cc1C(N)=S)c1cccc(Cl)c1. The van der Waals surface area contributed by atoms with Gasteiger partial charge in [0.1, 0.15) is 10.8 Å². The predicted octanol–water partition coefficient (Wildman–Crippen LogP) is 4.29. The van der Waals surface area contributed by atoms with Crippen LogP contribution < -0.4 is 11.1 Å². The number of thiocarbonyl (C=S) groups is 1. The van der Waals surface area contributed by atoms with Crippen LogP contribution in [-0.4, -0.2) is 4.99 Å². The zero-order valence-electron chi connectivity index (χ0n) is 10.9. The Morgan fingerprint density at radius 2 is 2.05 bits per heavy atom. The average molecular weight is 309 g/mol. The van der Waals surface area contributed by atoms with E-state index >= 15 is 0 Å². The first kappa shape index (κ1) is 14.8. The maximum atomic E-state index is 13.3. The van der Waals surface area contributed by atoms with Gasteiger partial charge in [-0.05, 0) is 42.8 Å². The Labute approximate surface area is 127 Å². The van der Waals surface area contributed by atoms with Crippen molar-refractivity contribution in [1.29, 1.82) is 0 Å². The topological polar surface area (TPSA) is 38.0 Å². The second-order valence-electron chi connectivity index (χ2n) is 4.48. The van der Waals surface area contributed by atoms with E-state index < -0.39 is 0 Å². The summed E-state index contributed by atoms with van der Waals surface area (Å²) in [5.74, 6) is -0.367. The molecule has 0 aliphatic heterocycles. The van der Waals surface area contributed by atoms with Crippen LogP contribution in [0, 0.1) is 5.82 Å². The lowest BCUT2D eigenvalue weighted by molar-refractivity contribution is 0.627. The molecule has 0 saturated carbocycles. The van der Waals surface area contributed by atoms with Crippen molar-refractivity contribution in [3.63, 3.8) is 0 Å². The highest BCUT2D eigenvalue weighted by Crippen LogP contribution is 2.24. The fraction of sp³-hybridized carbons (Fsp3) is 0.133. The fourth-order valence-electron chi connectivity index (χ4n) is 1.94. The molecule has 2 aromatic carbocycles. The van der Waals surface area contributed by atoms with E-state index in [0.717, 1.165) is 5.56 Å². The number of anilines is 1. The van der Waals surface area contributed by atoms with Crippen LogP contribution in [-0.2, 0) is 0 Å². The van der Waals surface area contributed by atoms with Gasteiger partial charge in [-0.3, -0.25) is 0 Å². The summed E-state index contributed by atoms with van der Waals surface area (Å²) in [6, 6.07) is 11.9. The van der Waals surface area contributed by atoms with Crippen molar-refractivity contribution in [1.82, 2.24) is 0 Å². The summed E-state index contributed by atoms with van der Waals surface area (Å²) >= 11 is 10.9. The molecule has 0 spiro atoms. The number of nitrogens with two attached hydrogens (primary N) is 1. The molecule has 1 unspecified atom stereocenters. The summed E-state index contributed by atoms with van der Waals surface area (Å²) in [6.07, 6.45) is 0. The van der Waals surface area contributed by atoms with Gasteiger partial charge in [0, 0.05) is 22.3 Å². The van der Waals surface area contributed by atoms with Gasteiger partial charge in [-0.15, -0.1) is 0 Å². The summed E-state index contributed by atoms with van der Waals surface area (Å²) < 4.78 is 13.3. The number of rotatable bonds is 4. The zero-order valence-corrected chi connectivity index (χ0v) is 12.4. The molecule has 3 N–H and O–H groups in total. The monoisotopic (exact) mass is 308 g/mol. The van der Waals surface area contributed by atoms with E-state index in [2.05, 4.69) is 5.32 Å². The maximum Gasteiger partial charge on any atom is 0.124 e. The van der Waals surface area contributed by atoms with Gasteiger partial charge < -0.3 is 11.1 Å². The first-order chi connectivity index (χ1) is 9.47. The second-order valence-corrected chi connectivity index (χ2v) is 5.35. The van der Waals surface area contributed by atoms with Gasteiger partial charge in [0.25, 0.3) is 0 Å². The molecule has 0 bridgehead atoms. The van der Waals surface area contributed by atoms with E-state index in [1.807, 2.05) is 31.2 Å². The molecule has 0 heterocycles. The van der Waals surface area contributed by atoms with Gasteiger partial charge in [-0.1, -0.05) is 36.0 Å². The largest absolute Gasteiger partial charge is 0.389 e. The minimum atomic E-state index is -0.367. The average Bonchev–Trinajstić information content (AvgIpc) is 2.40. The first-order valence-corrected chi connectivity index (χ1v) is 6.87. The Hall–Kier alpha value is -1.65. The number of hydrogen-bond acceptors (Lipinski definition) is 2. The van der Waals surface area contributed by atoms with Crippen LogP contribution in [0.1, 0.15) is 24.1 Å². The van der Waals surface area contributed by atoms with Crippen LogP contribution in [0.2, 0.25) is 5.02 Å². The Bertz CT molecular complexity index is 646. The summed E-state index contributed by atoms with van der Waals surface area (Å²) in [5.41, 5.74) is 7.84. The maximum absolute atomic E-state index is 13.3. The molecule has 5 heteroatoms. The summed E-state index contributed by atoms with van der Waals surface area (Å²) in [6.45, 7) is 1.98. The number of nitrogens with one attached hydrogen (secondary N) is 1. The van der Waals surface area contributed by atoms with E-state index in [4.69, 9.17) is 29.6 Å². The Balaban J connectivity index is 2.28. The third kappa shape index (κ3) is 3.46.